The minimum absolute atomic E-state index is 0.600. The molecule has 4 aromatic rings. The van der Waals surface area contributed by atoms with Crippen LogP contribution < -0.4 is 0 Å². The van der Waals surface area contributed by atoms with Crippen LogP contribution >= 0.6 is 0 Å². The Bertz CT molecular complexity index is 1080. The second-order valence-corrected chi connectivity index (χ2v) is 6.09. The van der Waals surface area contributed by atoms with E-state index in [0.29, 0.717) is 12.1 Å². The van der Waals surface area contributed by atoms with Crippen molar-refractivity contribution in [2.45, 2.75) is 26.4 Å². The molecule has 0 fully saturated rings. The molecule has 0 unspecified atom stereocenters. The summed E-state index contributed by atoms with van der Waals surface area (Å²) in [6, 6.07) is 13.7. The van der Waals surface area contributed by atoms with E-state index in [9.17, 15) is 0 Å². The maximum atomic E-state index is 9.14. The van der Waals surface area contributed by atoms with E-state index in [0.717, 1.165) is 41.3 Å². The summed E-state index contributed by atoms with van der Waals surface area (Å²) in [7, 11) is 0. The Kier molecular flexibility index (Phi) is 4.20. The molecule has 0 aliphatic rings. The number of fused-ring (bicyclic) bond motifs is 1. The van der Waals surface area contributed by atoms with Gasteiger partial charge in [0.05, 0.1) is 29.2 Å². The van der Waals surface area contributed by atoms with E-state index in [1.807, 2.05) is 42.6 Å². The Labute approximate surface area is 151 Å². The predicted molar refractivity (Wildman–Crippen MR) is 99.3 cm³/mol. The lowest BCUT2D eigenvalue weighted by molar-refractivity contribution is 0.627. The van der Waals surface area contributed by atoms with E-state index in [-0.39, 0.29) is 0 Å². The SMILES string of the molecule is CCCn1c(Cn2ccnc2-c2ccccn2)nc2cc(C#N)ccc21. The number of hydrogen-bond donors (Lipinski definition) is 0. The van der Waals surface area contributed by atoms with Crippen LogP contribution in [0.1, 0.15) is 24.7 Å². The molecular weight excluding hydrogens is 324 g/mol. The fraction of sp³-hybridized carbons (Fsp3) is 0.200. The fourth-order valence-electron chi connectivity index (χ4n) is 3.16. The monoisotopic (exact) mass is 342 g/mol. The molecule has 0 saturated carbocycles. The molecule has 1 aromatic carbocycles. The van der Waals surface area contributed by atoms with E-state index >= 15 is 0 Å². The highest BCUT2D eigenvalue weighted by Gasteiger charge is 2.14. The Balaban J connectivity index is 1.77. The maximum Gasteiger partial charge on any atom is 0.159 e. The van der Waals surface area contributed by atoms with Crippen LogP contribution in [0.5, 0.6) is 0 Å². The zero-order chi connectivity index (χ0) is 17.9. The van der Waals surface area contributed by atoms with Gasteiger partial charge in [-0.1, -0.05) is 13.0 Å². The van der Waals surface area contributed by atoms with Crippen molar-refractivity contribution in [1.82, 2.24) is 24.1 Å². The van der Waals surface area contributed by atoms with Gasteiger partial charge < -0.3 is 9.13 Å². The first-order valence-electron chi connectivity index (χ1n) is 8.62. The van der Waals surface area contributed by atoms with Gasteiger partial charge in [0.2, 0.25) is 0 Å². The quantitative estimate of drug-likeness (QED) is 0.555. The summed E-state index contributed by atoms with van der Waals surface area (Å²) in [4.78, 5) is 13.7. The van der Waals surface area contributed by atoms with Gasteiger partial charge in [-0.25, -0.2) is 9.97 Å². The van der Waals surface area contributed by atoms with Crippen molar-refractivity contribution in [2.24, 2.45) is 0 Å². The number of nitriles is 1. The van der Waals surface area contributed by atoms with Gasteiger partial charge in [0.15, 0.2) is 5.82 Å². The number of imidazole rings is 2. The largest absolute Gasteiger partial charge is 0.326 e. The van der Waals surface area contributed by atoms with Crippen LogP contribution in [-0.4, -0.2) is 24.1 Å². The van der Waals surface area contributed by atoms with Crippen molar-refractivity contribution in [3.63, 3.8) is 0 Å². The van der Waals surface area contributed by atoms with Gasteiger partial charge >= 0.3 is 0 Å². The molecule has 0 aliphatic heterocycles. The first-order chi connectivity index (χ1) is 12.8. The Morgan fingerprint density at radius 3 is 2.81 bits per heavy atom. The normalized spacial score (nSPS) is 10.9. The summed E-state index contributed by atoms with van der Waals surface area (Å²) < 4.78 is 4.28. The van der Waals surface area contributed by atoms with Gasteiger partial charge in [-0.2, -0.15) is 5.26 Å². The van der Waals surface area contributed by atoms with Crippen molar-refractivity contribution >= 4 is 11.0 Å². The predicted octanol–water partition coefficient (Wildman–Crippen LogP) is 3.62. The first-order valence-corrected chi connectivity index (χ1v) is 8.62. The molecule has 0 N–H and O–H groups in total. The summed E-state index contributed by atoms with van der Waals surface area (Å²) in [5, 5.41) is 9.14. The van der Waals surface area contributed by atoms with Crippen molar-refractivity contribution < 1.29 is 0 Å². The molecule has 0 saturated heterocycles. The van der Waals surface area contributed by atoms with Crippen LogP contribution in [0.3, 0.4) is 0 Å². The standard InChI is InChI=1S/C20H18N6/c1-2-10-26-18-7-6-15(13-21)12-17(18)24-19(26)14-25-11-9-23-20(25)16-5-3-4-8-22-16/h3-9,11-12H,2,10,14H2,1H3. The van der Waals surface area contributed by atoms with E-state index in [1.165, 1.54) is 0 Å². The molecule has 0 radical (unpaired) electrons. The fourth-order valence-corrected chi connectivity index (χ4v) is 3.16. The van der Waals surface area contributed by atoms with E-state index in [1.54, 1.807) is 12.4 Å². The molecule has 6 nitrogen and oxygen atoms in total. The van der Waals surface area contributed by atoms with Crippen LogP contribution in [-0.2, 0) is 13.1 Å². The molecule has 4 rings (SSSR count). The minimum Gasteiger partial charge on any atom is -0.326 e. The zero-order valence-electron chi connectivity index (χ0n) is 14.5. The second-order valence-electron chi connectivity index (χ2n) is 6.09. The summed E-state index contributed by atoms with van der Waals surface area (Å²) >= 11 is 0. The maximum absolute atomic E-state index is 9.14. The van der Waals surface area contributed by atoms with Crippen LogP contribution in [0.4, 0.5) is 0 Å². The van der Waals surface area contributed by atoms with Crippen LogP contribution in [0, 0.1) is 11.3 Å². The Morgan fingerprint density at radius 1 is 1.12 bits per heavy atom. The van der Waals surface area contributed by atoms with Crippen molar-refractivity contribution in [3.05, 3.63) is 66.4 Å². The highest BCUT2D eigenvalue weighted by atomic mass is 15.1. The molecule has 3 heterocycles. The van der Waals surface area contributed by atoms with Crippen molar-refractivity contribution in [1.29, 1.82) is 5.26 Å². The van der Waals surface area contributed by atoms with Crippen molar-refractivity contribution in [3.8, 4) is 17.6 Å². The Morgan fingerprint density at radius 2 is 2.04 bits per heavy atom. The smallest absolute Gasteiger partial charge is 0.159 e. The van der Waals surface area contributed by atoms with E-state index in [4.69, 9.17) is 10.2 Å². The van der Waals surface area contributed by atoms with Crippen LogP contribution in [0.25, 0.3) is 22.6 Å². The first kappa shape index (κ1) is 16.0. The van der Waals surface area contributed by atoms with Crippen LogP contribution in [0.15, 0.2) is 55.0 Å². The third-order valence-corrected chi connectivity index (χ3v) is 4.32. The van der Waals surface area contributed by atoms with Gasteiger partial charge in [0.25, 0.3) is 0 Å². The third kappa shape index (κ3) is 2.84. The van der Waals surface area contributed by atoms with Gasteiger partial charge in [-0.05, 0) is 36.8 Å². The lowest BCUT2D eigenvalue weighted by Crippen LogP contribution is -2.09. The third-order valence-electron chi connectivity index (χ3n) is 4.32. The molecule has 0 bridgehead atoms. The number of hydrogen-bond acceptors (Lipinski definition) is 4. The lowest BCUT2D eigenvalue weighted by atomic mass is 10.2. The molecule has 6 heteroatoms. The van der Waals surface area contributed by atoms with E-state index < -0.39 is 0 Å². The van der Waals surface area contributed by atoms with Crippen molar-refractivity contribution in [2.75, 3.05) is 0 Å². The highest BCUT2D eigenvalue weighted by Crippen LogP contribution is 2.21. The average Bonchev–Trinajstić information content (AvgIpc) is 3.27. The Hall–Kier alpha value is -3.46. The molecule has 26 heavy (non-hydrogen) atoms. The summed E-state index contributed by atoms with van der Waals surface area (Å²) in [5.41, 5.74) is 3.37. The summed E-state index contributed by atoms with van der Waals surface area (Å²) in [6.45, 7) is 3.63. The molecule has 128 valence electrons. The lowest BCUT2D eigenvalue weighted by Gasteiger charge is -2.10. The zero-order valence-corrected chi connectivity index (χ0v) is 14.5. The molecule has 0 amide bonds. The van der Waals surface area contributed by atoms with Crippen LogP contribution in [0.2, 0.25) is 0 Å². The molecular formula is C20H18N6. The molecule has 0 aliphatic carbocycles. The molecule has 3 aromatic heterocycles. The summed E-state index contributed by atoms with van der Waals surface area (Å²) in [6.07, 6.45) is 6.50. The molecule has 0 spiro atoms. The van der Waals surface area contributed by atoms with E-state index in [2.05, 4.69) is 32.1 Å². The number of benzene rings is 1. The topological polar surface area (TPSA) is 72.3 Å². The number of aromatic nitrogens is 5. The second kappa shape index (κ2) is 6.81. The number of aryl methyl sites for hydroxylation is 1. The average molecular weight is 342 g/mol. The number of pyridine rings is 1. The minimum atomic E-state index is 0.600. The number of rotatable bonds is 5. The highest BCUT2D eigenvalue weighted by molar-refractivity contribution is 5.77. The summed E-state index contributed by atoms with van der Waals surface area (Å²) in [5.74, 6) is 1.77. The van der Waals surface area contributed by atoms with Gasteiger partial charge in [-0.15, -0.1) is 0 Å². The number of nitrogens with zero attached hydrogens (tertiary/aromatic N) is 6. The molecule has 0 atom stereocenters. The van der Waals surface area contributed by atoms with Gasteiger partial charge in [0, 0.05) is 25.1 Å². The van der Waals surface area contributed by atoms with Gasteiger partial charge in [0.1, 0.15) is 11.5 Å². The van der Waals surface area contributed by atoms with Gasteiger partial charge in [-0.3, -0.25) is 4.98 Å².